The van der Waals surface area contributed by atoms with Crippen molar-refractivity contribution < 1.29 is 34.1 Å². The topological polar surface area (TPSA) is 146 Å². The van der Waals surface area contributed by atoms with Gasteiger partial charge < -0.3 is 35.6 Å². The maximum atomic E-state index is 12.4. The lowest BCUT2D eigenvalue weighted by molar-refractivity contribution is -0.123. The number of aryl methyl sites for hydroxylation is 1. The molecular weight excluding hydrogens is 570 g/mol. The van der Waals surface area contributed by atoms with E-state index in [1.807, 2.05) is 19.1 Å². The molecule has 10 nitrogen and oxygen atoms in total. The summed E-state index contributed by atoms with van der Waals surface area (Å²) in [5.74, 6) is -1.20. The summed E-state index contributed by atoms with van der Waals surface area (Å²) in [6, 6.07) is 17.0. The van der Waals surface area contributed by atoms with E-state index in [2.05, 4.69) is 16.0 Å². The number of hydrogen-bond acceptors (Lipinski definition) is 7. The Morgan fingerprint density at radius 3 is 2.51 bits per heavy atom. The van der Waals surface area contributed by atoms with Gasteiger partial charge in [0, 0.05) is 48.3 Å². The first-order valence-corrected chi connectivity index (χ1v) is 13.9. The number of ether oxygens (including phenoxy) is 2. The molecule has 0 radical (unpaired) electrons. The molecule has 43 heavy (non-hydrogen) atoms. The summed E-state index contributed by atoms with van der Waals surface area (Å²) in [6.45, 7) is 2.48. The second-order valence-electron chi connectivity index (χ2n) is 10.1. The van der Waals surface area contributed by atoms with Crippen molar-refractivity contribution in [1.82, 2.24) is 10.6 Å². The van der Waals surface area contributed by atoms with Gasteiger partial charge in [-0.2, -0.15) is 0 Å². The quantitative estimate of drug-likeness (QED) is 0.180. The fourth-order valence-corrected chi connectivity index (χ4v) is 5.20. The number of benzene rings is 3. The molecule has 11 heteroatoms. The number of allylic oxidation sites excluding steroid dienone is 3. The average molecular weight is 600 g/mol. The van der Waals surface area contributed by atoms with E-state index >= 15 is 0 Å². The summed E-state index contributed by atoms with van der Waals surface area (Å²) in [6.07, 6.45) is 4.53. The van der Waals surface area contributed by atoms with Crippen LogP contribution in [0.5, 0.6) is 17.2 Å². The van der Waals surface area contributed by atoms with Crippen molar-refractivity contribution >= 4 is 40.7 Å². The molecule has 5 rings (SSSR count). The van der Waals surface area contributed by atoms with Crippen LogP contribution in [0.3, 0.4) is 0 Å². The molecule has 0 saturated heterocycles. The number of carboxylic acid groups (broad SMARTS) is 1. The number of hydrogen-bond donors (Lipinski definition) is 5. The normalized spacial score (nSPS) is 16.6. The largest absolute Gasteiger partial charge is 0.508 e. The first kappa shape index (κ1) is 29.3. The van der Waals surface area contributed by atoms with Crippen molar-refractivity contribution in [3.05, 3.63) is 107 Å². The summed E-state index contributed by atoms with van der Waals surface area (Å²) in [4.78, 5) is 36.5. The second-order valence-corrected chi connectivity index (χ2v) is 10.5. The standard InChI is InChI=1S/C32H29N3O7S/c1-18-2-7-22(8-3-18)41-17-29(38)33-12-13-34-32(43)35-19-4-9-23(26(14-19)31(39)40)30-24-10-5-20(36)15-27(24)42-28-16-21(37)6-11-25(28)30/h2-11,14-16,24,30,37H,12-13,17H2,1H3,(H,33,38)(H,39,40)(H2,34,35,43). The number of phenolic OH excluding ortho intramolecular Hbond substituents is 1. The molecule has 1 aliphatic carbocycles. The lowest BCUT2D eigenvalue weighted by atomic mass is 9.74. The third-order valence-corrected chi connectivity index (χ3v) is 7.25. The van der Waals surface area contributed by atoms with E-state index in [0.29, 0.717) is 47.2 Å². The predicted octanol–water partition coefficient (Wildman–Crippen LogP) is 4.04. The minimum Gasteiger partial charge on any atom is -0.508 e. The number of aromatic hydroxyl groups is 1. The number of amides is 1. The molecule has 1 amide bonds. The Bertz CT molecular complexity index is 1650. The van der Waals surface area contributed by atoms with Gasteiger partial charge in [-0.1, -0.05) is 35.9 Å². The number of carboxylic acids is 1. The van der Waals surface area contributed by atoms with Crippen LogP contribution in [0.1, 0.15) is 33.0 Å². The summed E-state index contributed by atoms with van der Waals surface area (Å²) in [5.41, 5.74) is 2.80. The molecule has 1 aliphatic heterocycles. The summed E-state index contributed by atoms with van der Waals surface area (Å²) < 4.78 is 11.4. The smallest absolute Gasteiger partial charge is 0.336 e. The monoisotopic (exact) mass is 599 g/mol. The van der Waals surface area contributed by atoms with E-state index in [4.69, 9.17) is 21.7 Å². The van der Waals surface area contributed by atoms with Crippen LogP contribution in [-0.2, 0) is 9.59 Å². The van der Waals surface area contributed by atoms with Crippen molar-refractivity contribution in [2.75, 3.05) is 25.0 Å². The number of ketones is 1. The van der Waals surface area contributed by atoms with Crippen LogP contribution in [-0.4, -0.2) is 52.7 Å². The predicted molar refractivity (Wildman–Crippen MR) is 164 cm³/mol. The van der Waals surface area contributed by atoms with Crippen LogP contribution in [0, 0.1) is 12.8 Å². The number of aromatic carboxylic acids is 1. The Morgan fingerprint density at radius 2 is 1.74 bits per heavy atom. The third-order valence-electron chi connectivity index (χ3n) is 7.00. The van der Waals surface area contributed by atoms with Crippen LogP contribution >= 0.6 is 12.2 Å². The van der Waals surface area contributed by atoms with E-state index in [9.17, 15) is 24.6 Å². The fraction of sp³-hybridized carbons (Fsp3) is 0.188. The fourth-order valence-electron chi connectivity index (χ4n) is 4.98. The van der Waals surface area contributed by atoms with Gasteiger partial charge in [0.05, 0.1) is 5.56 Å². The van der Waals surface area contributed by atoms with Crippen molar-refractivity contribution in [3.63, 3.8) is 0 Å². The number of carbonyl (C=O) groups excluding carboxylic acids is 2. The van der Waals surface area contributed by atoms with Crippen molar-refractivity contribution in [1.29, 1.82) is 0 Å². The Morgan fingerprint density at radius 1 is 1.00 bits per heavy atom. The Balaban J connectivity index is 1.22. The molecule has 3 aromatic rings. The van der Waals surface area contributed by atoms with Crippen LogP contribution in [0.4, 0.5) is 5.69 Å². The summed E-state index contributed by atoms with van der Waals surface area (Å²) in [7, 11) is 0. The lowest BCUT2D eigenvalue weighted by Gasteiger charge is -2.35. The molecule has 2 atom stereocenters. The molecule has 0 saturated carbocycles. The maximum Gasteiger partial charge on any atom is 0.336 e. The van der Waals surface area contributed by atoms with Gasteiger partial charge in [-0.25, -0.2) is 4.79 Å². The number of carbonyl (C=O) groups is 3. The Kier molecular flexibility index (Phi) is 8.72. The van der Waals surface area contributed by atoms with Crippen LogP contribution in [0.25, 0.3) is 0 Å². The minimum absolute atomic E-state index is 0.0107. The van der Waals surface area contributed by atoms with E-state index in [0.717, 1.165) is 5.56 Å². The number of nitrogens with one attached hydrogen (secondary N) is 3. The first-order valence-electron chi connectivity index (χ1n) is 13.5. The Labute approximate surface area is 253 Å². The number of phenols is 1. The molecule has 1 heterocycles. The van der Waals surface area contributed by atoms with E-state index in [1.54, 1.807) is 36.4 Å². The van der Waals surface area contributed by atoms with Gasteiger partial charge in [-0.3, -0.25) is 9.59 Å². The van der Waals surface area contributed by atoms with Gasteiger partial charge in [-0.15, -0.1) is 0 Å². The highest BCUT2D eigenvalue weighted by Crippen LogP contribution is 2.49. The molecule has 3 aromatic carbocycles. The van der Waals surface area contributed by atoms with Crippen LogP contribution in [0.2, 0.25) is 0 Å². The van der Waals surface area contributed by atoms with Crippen molar-refractivity contribution in [2.45, 2.75) is 12.8 Å². The molecule has 0 spiro atoms. The maximum absolute atomic E-state index is 12.4. The molecule has 0 aromatic heterocycles. The molecule has 5 N–H and O–H groups in total. The third kappa shape index (κ3) is 7.02. The summed E-state index contributed by atoms with van der Waals surface area (Å²) >= 11 is 5.36. The zero-order chi connectivity index (χ0) is 30.5. The number of anilines is 1. The van der Waals surface area contributed by atoms with Gasteiger partial charge in [0.25, 0.3) is 5.91 Å². The second kappa shape index (κ2) is 12.8. The number of rotatable bonds is 9. The highest BCUT2D eigenvalue weighted by atomic mass is 32.1. The van der Waals surface area contributed by atoms with Gasteiger partial charge in [0.2, 0.25) is 0 Å². The average Bonchev–Trinajstić information content (AvgIpc) is 2.97. The number of thiocarbonyl (C=S) groups is 1. The van der Waals surface area contributed by atoms with E-state index in [-0.39, 0.29) is 34.7 Å². The van der Waals surface area contributed by atoms with Gasteiger partial charge in [0.15, 0.2) is 17.5 Å². The van der Waals surface area contributed by atoms with E-state index in [1.165, 1.54) is 30.4 Å². The van der Waals surface area contributed by atoms with Gasteiger partial charge >= 0.3 is 5.97 Å². The van der Waals surface area contributed by atoms with E-state index < -0.39 is 17.8 Å². The first-order chi connectivity index (χ1) is 20.7. The van der Waals surface area contributed by atoms with Crippen LogP contribution in [0.15, 0.2) is 84.7 Å². The van der Waals surface area contributed by atoms with Crippen molar-refractivity contribution in [2.24, 2.45) is 5.92 Å². The SMILES string of the molecule is Cc1ccc(OCC(=O)NCCNC(=S)Nc2ccc(C3c4ccc(O)cc4OC4=CC(=O)C=CC43)c(C(=O)O)c2)cc1. The molecule has 220 valence electrons. The highest BCUT2D eigenvalue weighted by Gasteiger charge is 2.38. The zero-order valence-electron chi connectivity index (χ0n) is 23.1. The Hall–Kier alpha value is -5.16. The van der Waals surface area contributed by atoms with Crippen molar-refractivity contribution in [3.8, 4) is 17.2 Å². The minimum atomic E-state index is -1.14. The van der Waals surface area contributed by atoms with Crippen LogP contribution < -0.4 is 25.4 Å². The lowest BCUT2D eigenvalue weighted by Crippen LogP contribution is -2.38. The van der Waals surface area contributed by atoms with Gasteiger partial charge in [0.1, 0.15) is 23.0 Å². The molecule has 2 aliphatic rings. The molecule has 2 unspecified atom stereocenters. The molecule has 0 bridgehead atoms. The highest BCUT2D eigenvalue weighted by molar-refractivity contribution is 7.80. The van der Waals surface area contributed by atoms with Gasteiger partial charge in [-0.05, 0) is 61.1 Å². The summed E-state index contributed by atoms with van der Waals surface area (Å²) in [5, 5.41) is 29.1. The number of fused-ring (bicyclic) bond motifs is 2. The molecule has 0 fully saturated rings. The molecular formula is C32H29N3O7S. The zero-order valence-corrected chi connectivity index (χ0v) is 23.9.